The summed E-state index contributed by atoms with van der Waals surface area (Å²) >= 11 is 0. The van der Waals surface area contributed by atoms with Crippen molar-refractivity contribution in [3.63, 3.8) is 0 Å². The average molecular weight is 341 g/mol. The predicted octanol–water partition coefficient (Wildman–Crippen LogP) is 1.58. The number of methoxy groups -OCH3 is 1. The van der Waals surface area contributed by atoms with E-state index in [4.69, 9.17) is 9.84 Å². The van der Waals surface area contributed by atoms with Crippen LogP contribution in [0.3, 0.4) is 0 Å². The predicted molar refractivity (Wildman–Crippen MR) is 90.1 cm³/mol. The maximum Gasteiger partial charge on any atom is 0.316 e. The highest BCUT2D eigenvalue weighted by Crippen LogP contribution is 2.27. The minimum atomic E-state index is -1.74. The molecule has 0 spiro atoms. The third kappa shape index (κ3) is 5.44. The molecule has 0 heterocycles. The Morgan fingerprint density at radius 2 is 1.74 bits per heavy atom. The first-order valence-corrected chi connectivity index (χ1v) is 8.90. The third-order valence-electron chi connectivity index (χ3n) is 3.36. The largest absolute Gasteiger partial charge is 0.481 e. The molecule has 1 atom stereocenters. The number of hydrogen-bond donors (Lipinski definition) is 1. The summed E-state index contributed by atoms with van der Waals surface area (Å²) < 4.78 is 16.9. The fourth-order valence-corrected chi connectivity index (χ4v) is 3.17. The number of hydrogen-bond acceptors (Lipinski definition) is 4. The monoisotopic (exact) mass is 341 g/mol. The van der Waals surface area contributed by atoms with Crippen LogP contribution in [-0.2, 0) is 38.0 Å². The highest BCUT2D eigenvalue weighted by atomic mass is 32.2. The van der Waals surface area contributed by atoms with Crippen LogP contribution in [0.5, 0.6) is 0 Å². The molecule has 1 aromatic carbocycles. The second-order valence-corrected chi connectivity index (χ2v) is 6.45. The minimum absolute atomic E-state index is 0.0348. The summed E-state index contributed by atoms with van der Waals surface area (Å²) in [5, 5.41) is 8.68. The first kappa shape index (κ1) is 19.3. The minimum Gasteiger partial charge on any atom is -0.481 e. The van der Waals surface area contributed by atoms with Crippen LogP contribution in [0.15, 0.2) is 18.2 Å². The second kappa shape index (κ2) is 9.42. The van der Waals surface area contributed by atoms with Gasteiger partial charge in [0.15, 0.2) is 0 Å². The van der Waals surface area contributed by atoms with Crippen molar-refractivity contribution in [3.8, 4) is 0 Å². The molecule has 0 aliphatic rings. The maximum absolute atomic E-state index is 12.5. The molecule has 1 unspecified atom stereocenters. The van der Waals surface area contributed by atoms with Gasteiger partial charge in [0.05, 0.1) is 5.69 Å². The Kier molecular flexibility index (Phi) is 7.91. The summed E-state index contributed by atoms with van der Waals surface area (Å²) in [6.45, 7) is 4.03. The van der Waals surface area contributed by atoms with E-state index in [2.05, 4.69) is 0 Å². The summed E-state index contributed by atoms with van der Waals surface area (Å²) in [6, 6.07) is 5.83. The molecular weight excluding hydrogens is 318 g/mol. The molecule has 1 rings (SSSR count). The standard InChI is InChI=1S/C16H23NO5S/c1-4-12-7-6-8-13(5-2)16(12)17(11-22-3)14(18)9-23(21)10-15(19)20/h6-8H,4-5,9-11H2,1-3H3,(H,19,20). The zero-order chi connectivity index (χ0) is 17.4. The van der Waals surface area contributed by atoms with Gasteiger partial charge in [-0.25, -0.2) is 0 Å². The first-order chi connectivity index (χ1) is 10.9. The van der Waals surface area contributed by atoms with Crippen molar-refractivity contribution < 1.29 is 23.6 Å². The maximum atomic E-state index is 12.5. The van der Waals surface area contributed by atoms with Crippen LogP contribution in [0.4, 0.5) is 5.69 Å². The Morgan fingerprint density at radius 1 is 1.17 bits per heavy atom. The second-order valence-electron chi connectivity index (χ2n) is 4.99. The van der Waals surface area contributed by atoms with Gasteiger partial charge in [-0.2, -0.15) is 0 Å². The highest BCUT2D eigenvalue weighted by molar-refractivity contribution is 7.86. The van der Waals surface area contributed by atoms with E-state index in [0.717, 1.165) is 29.7 Å². The van der Waals surface area contributed by atoms with Gasteiger partial charge in [0, 0.05) is 17.9 Å². The molecule has 1 N–H and O–H groups in total. The van der Waals surface area contributed by atoms with E-state index in [1.807, 2.05) is 32.0 Å². The summed E-state index contributed by atoms with van der Waals surface area (Å²) in [6.07, 6.45) is 1.49. The van der Waals surface area contributed by atoms with Crippen molar-refractivity contribution in [2.75, 3.05) is 30.2 Å². The molecule has 0 fully saturated rings. The van der Waals surface area contributed by atoms with Crippen molar-refractivity contribution in [1.82, 2.24) is 0 Å². The normalized spacial score (nSPS) is 12.0. The van der Waals surface area contributed by atoms with Crippen LogP contribution in [0.1, 0.15) is 25.0 Å². The smallest absolute Gasteiger partial charge is 0.316 e. The summed E-state index contributed by atoms with van der Waals surface area (Å²) in [4.78, 5) is 24.6. The lowest BCUT2D eigenvalue weighted by atomic mass is 10.0. The Bertz CT molecular complexity index is 566. The zero-order valence-corrected chi connectivity index (χ0v) is 14.5. The van der Waals surface area contributed by atoms with Crippen molar-refractivity contribution in [1.29, 1.82) is 0 Å². The van der Waals surface area contributed by atoms with Gasteiger partial charge in [-0.1, -0.05) is 32.0 Å². The number of nitrogens with zero attached hydrogens (tertiary/aromatic N) is 1. The fourth-order valence-electron chi connectivity index (χ4n) is 2.36. The topological polar surface area (TPSA) is 83.9 Å². The van der Waals surface area contributed by atoms with Crippen molar-refractivity contribution >= 4 is 28.4 Å². The van der Waals surface area contributed by atoms with Crippen LogP contribution >= 0.6 is 0 Å². The lowest BCUT2D eigenvalue weighted by Gasteiger charge is -2.26. The number of carbonyl (C=O) groups is 2. The number of aryl methyl sites for hydroxylation is 2. The van der Waals surface area contributed by atoms with Crippen molar-refractivity contribution in [3.05, 3.63) is 29.3 Å². The van der Waals surface area contributed by atoms with E-state index in [1.165, 1.54) is 12.0 Å². The van der Waals surface area contributed by atoms with Crippen LogP contribution in [0.2, 0.25) is 0 Å². The first-order valence-electron chi connectivity index (χ1n) is 7.41. The number of para-hydroxylation sites is 1. The number of benzene rings is 1. The van der Waals surface area contributed by atoms with Gasteiger partial charge in [-0.3, -0.25) is 18.7 Å². The average Bonchev–Trinajstić information content (AvgIpc) is 2.50. The highest BCUT2D eigenvalue weighted by Gasteiger charge is 2.23. The van der Waals surface area contributed by atoms with E-state index in [1.54, 1.807) is 0 Å². The van der Waals surface area contributed by atoms with Gasteiger partial charge < -0.3 is 9.84 Å². The van der Waals surface area contributed by atoms with Crippen LogP contribution < -0.4 is 4.90 Å². The molecule has 23 heavy (non-hydrogen) atoms. The number of rotatable bonds is 9. The number of anilines is 1. The fraction of sp³-hybridized carbons (Fsp3) is 0.500. The Balaban J connectivity index is 3.13. The van der Waals surface area contributed by atoms with Crippen molar-refractivity contribution in [2.45, 2.75) is 26.7 Å². The van der Waals surface area contributed by atoms with Gasteiger partial charge in [-0.05, 0) is 24.0 Å². The summed E-state index contributed by atoms with van der Waals surface area (Å²) in [5.74, 6) is -2.46. The molecule has 6 nitrogen and oxygen atoms in total. The lowest BCUT2D eigenvalue weighted by molar-refractivity contribution is -0.133. The summed E-state index contributed by atoms with van der Waals surface area (Å²) in [5.41, 5.74) is 2.77. The number of carboxylic acid groups (broad SMARTS) is 1. The van der Waals surface area contributed by atoms with Gasteiger partial charge in [0.2, 0.25) is 5.91 Å². The Morgan fingerprint density at radius 3 is 2.17 bits per heavy atom. The third-order valence-corrected chi connectivity index (χ3v) is 4.50. The molecule has 0 saturated heterocycles. The van der Waals surface area contributed by atoms with Gasteiger partial charge in [0.1, 0.15) is 18.2 Å². The van der Waals surface area contributed by atoms with E-state index in [0.29, 0.717) is 0 Å². The molecule has 1 amide bonds. The van der Waals surface area contributed by atoms with Gasteiger partial charge in [-0.15, -0.1) is 0 Å². The van der Waals surface area contributed by atoms with Crippen LogP contribution in [0, 0.1) is 0 Å². The number of amides is 1. The van der Waals surface area contributed by atoms with E-state index in [-0.39, 0.29) is 12.5 Å². The molecule has 128 valence electrons. The Hall–Kier alpha value is -1.73. The van der Waals surface area contributed by atoms with Gasteiger partial charge in [0.25, 0.3) is 0 Å². The Labute approximate surface area is 138 Å². The van der Waals surface area contributed by atoms with Crippen molar-refractivity contribution in [2.24, 2.45) is 0 Å². The van der Waals surface area contributed by atoms with E-state index >= 15 is 0 Å². The number of carbonyl (C=O) groups excluding carboxylic acids is 1. The van der Waals surface area contributed by atoms with E-state index < -0.39 is 28.4 Å². The van der Waals surface area contributed by atoms with Crippen LogP contribution in [-0.4, -0.2) is 46.5 Å². The number of aliphatic carboxylic acids is 1. The molecule has 7 heteroatoms. The molecule has 0 aromatic heterocycles. The molecule has 0 bridgehead atoms. The molecule has 0 radical (unpaired) electrons. The molecule has 0 aliphatic carbocycles. The molecule has 1 aromatic rings. The van der Waals surface area contributed by atoms with E-state index in [9.17, 15) is 13.8 Å². The van der Waals surface area contributed by atoms with Gasteiger partial charge >= 0.3 is 5.97 Å². The molecular formula is C16H23NO5S. The number of ether oxygens (including phenoxy) is 1. The SMILES string of the molecule is CCc1cccc(CC)c1N(COC)C(=O)CS(=O)CC(=O)O. The lowest BCUT2D eigenvalue weighted by Crippen LogP contribution is -2.38. The summed E-state index contributed by atoms with van der Waals surface area (Å²) in [7, 11) is -0.261. The number of carboxylic acids is 1. The zero-order valence-electron chi connectivity index (χ0n) is 13.7. The van der Waals surface area contributed by atoms with Crippen LogP contribution in [0.25, 0.3) is 0 Å². The quantitative estimate of drug-likeness (QED) is 0.690. The molecule has 0 saturated carbocycles. The molecule has 0 aliphatic heterocycles.